The summed E-state index contributed by atoms with van der Waals surface area (Å²) in [6.45, 7) is 1.50. The van der Waals surface area contributed by atoms with Gasteiger partial charge in [-0.25, -0.2) is 13.1 Å². The minimum Gasteiger partial charge on any atom is -0.493 e. The highest BCUT2D eigenvalue weighted by molar-refractivity contribution is 7.89. The van der Waals surface area contributed by atoms with Crippen molar-refractivity contribution in [3.8, 4) is 11.5 Å². The highest BCUT2D eigenvalue weighted by Crippen LogP contribution is 2.31. The number of rotatable bonds is 10. The lowest BCUT2D eigenvalue weighted by atomic mass is 10.2. The lowest BCUT2D eigenvalue weighted by Crippen LogP contribution is -2.23. The summed E-state index contributed by atoms with van der Waals surface area (Å²) in [6, 6.07) is 11.5. The molecular formula is C19H27N3O4S. The Bertz CT molecular complexity index is 837. The van der Waals surface area contributed by atoms with E-state index in [1.807, 2.05) is 20.2 Å². The van der Waals surface area contributed by atoms with Gasteiger partial charge in [0.2, 0.25) is 10.0 Å². The fourth-order valence-corrected chi connectivity index (χ4v) is 3.49. The molecule has 0 aliphatic heterocycles. The van der Waals surface area contributed by atoms with Crippen molar-refractivity contribution in [2.75, 3.05) is 40.1 Å². The van der Waals surface area contributed by atoms with Crippen LogP contribution in [0.5, 0.6) is 11.5 Å². The summed E-state index contributed by atoms with van der Waals surface area (Å²) in [5.41, 5.74) is 6.83. The molecule has 0 fully saturated rings. The van der Waals surface area contributed by atoms with Gasteiger partial charge in [-0.3, -0.25) is 0 Å². The van der Waals surface area contributed by atoms with E-state index in [0.29, 0.717) is 29.4 Å². The van der Waals surface area contributed by atoms with E-state index < -0.39 is 10.0 Å². The summed E-state index contributed by atoms with van der Waals surface area (Å²) in [5, 5.41) is 0. The Morgan fingerprint density at radius 2 is 1.81 bits per heavy atom. The standard InChI is InChI=1S/C19H27N3O4S/c1-22(2)12-5-13-26-19-15(6-4-7-18(19)25-3)14-21-27(23,24)17-10-8-16(20)9-11-17/h4,6-11,21H,5,12-14,20H2,1-3H3. The van der Waals surface area contributed by atoms with E-state index >= 15 is 0 Å². The van der Waals surface area contributed by atoms with Crippen LogP contribution in [0.3, 0.4) is 0 Å². The molecule has 0 aromatic heterocycles. The van der Waals surface area contributed by atoms with E-state index in [0.717, 1.165) is 13.0 Å². The predicted octanol–water partition coefficient (Wildman–Crippen LogP) is 2.09. The van der Waals surface area contributed by atoms with Crippen molar-refractivity contribution >= 4 is 15.7 Å². The van der Waals surface area contributed by atoms with Gasteiger partial charge in [0.1, 0.15) is 0 Å². The molecule has 2 aromatic rings. The highest BCUT2D eigenvalue weighted by Gasteiger charge is 2.16. The average molecular weight is 394 g/mol. The Hall–Kier alpha value is -2.29. The van der Waals surface area contributed by atoms with Crippen LogP contribution in [0.4, 0.5) is 5.69 Å². The SMILES string of the molecule is COc1cccc(CNS(=O)(=O)c2ccc(N)cc2)c1OCCCN(C)C. The maximum absolute atomic E-state index is 12.5. The number of hydrogen-bond donors (Lipinski definition) is 2. The molecule has 0 atom stereocenters. The topological polar surface area (TPSA) is 93.9 Å². The largest absolute Gasteiger partial charge is 0.493 e. The number of para-hydroxylation sites is 1. The molecule has 8 heteroatoms. The first-order valence-corrected chi connectivity index (χ1v) is 10.1. The summed E-state index contributed by atoms with van der Waals surface area (Å²) in [4.78, 5) is 2.24. The molecule has 27 heavy (non-hydrogen) atoms. The minimum atomic E-state index is -3.66. The smallest absolute Gasteiger partial charge is 0.240 e. The van der Waals surface area contributed by atoms with Crippen LogP contribution in [-0.2, 0) is 16.6 Å². The maximum Gasteiger partial charge on any atom is 0.240 e. The summed E-state index contributed by atoms with van der Waals surface area (Å²) in [7, 11) is 1.90. The number of hydrogen-bond acceptors (Lipinski definition) is 6. The molecule has 0 radical (unpaired) electrons. The van der Waals surface area contributed by atoms with Gasteiger partial charge in [-0.1, -0.05) is 12.1 Å². The first-order valence-electron chi connectivity index (χ1n) is 8.62. The first-order chi connectivity index (χ1) is 12.8. The van der Waals surface area contributed by atoms with Crippen LogP contribution in [0.1, 0.15) is 12.0 Å². The van der Waals surface area contributed by atoms with Crippen molar-refractivity contribution in [1.29, 1.82) is 0 Å². The second-order valence-corrected chi connectivity index (χ2v) is 8.11. The molecule has 0 saturated carbocycles. The normalized spacial score (nSPS) is 11.6. The Kier molecular flexibility index (Phi) is 7.46. The molecule has 3 N–H and O–H groups in total. The number of sulfonamides is 1. The Labute approximate surface area is 161 Å². The molecule has 7 nitrogen and oxygen atoms in total. The number of ether oxygens (including phenoxy) is 2. The third-order valence-corrected chi connectivity index (χ3v) is 5.34. The molecular weight excluding hydrogens is 366 g/mol. The van der Waals surface area contributed by atoms with Gasteiger partial charge in [0, 0.05) is 24.3 Å². The molecule has 2 aromatic carbocycles. The van der Waals surface area contributed by atoms with Crippen LogP contribution in [0.15, 0.2) is 47.4 Å². The molecule has 0 saturated heterocycles. The quantitative estimate of drug-likeness (QED) is 0.474. The van der Waals surface area contributed by atoms with Gasteiger partial charge in [-0.15, -0.1) is 0 Å². The molecule has 0 amide bonds. The average Bonchev–Trinajstić information content (AvgIpc) is 2.64. The molecule has 0 aliphatic carbocycles. The third-order valence-electron chi connectivity index (χ3n) is 3.92. The van der Waals surface area contributed by atoms with E-state index in [1.54, 1.807) is 31.4 Å². The van der Waals surface area contributed by atoms with E-state index in [1.165, 1.54) is 12.1 Å². The predicted molar refractivity (Wildman–Crippen MR) is 107 cm³/mol. The molecule has 0 unspecified atom stereocenters. The van der Waals surface area contributed by atoms with Crippen LogP contribution in [-0.4, -0.2) is 47.7 Å². The minimum absolute atomic E-state index is 0.0902. The summed E-state index contributed by atoms with van der Waals surface area (Å²) >= 11 is 0. The summed E-state index contributed by atoms with van der Waals surface area (Å²) < 4.78 is 38.8. The van der Waals surface area contributed by atoms with Gasteiger partial charge in [0.25, 0.3) is 0 Å². The Morgan fingerprint density at radius 3 is 2.44 bits per heavy atom. The van der Waals surface area contributed by atoms with Crippen LogP contribution in [0.25, 0.3) is 0 Å². The zero-order valence-electron chi connectivity index (χ0n) is 15.9. The van der Waals surface area contributed by atoms with Gasteiger partial charge in [0.15, 0.2) is 11.5 Å². The van der Waals surface area contributed by atoms with Crippen molar-refractivity contribution in [3.63, 3.8) is 0 Å². The number of nitrogen functional groups attached to an aromatic ring is 1. The van der Waals surface area contributed by atoms with Gasteiger partial charge < -0.3 is 20.1 Å². The molecule has 0 heterocycles. The van der Waals surface area contributed by atoms with Crippen molar-refractivity contribution in [2.24, 2.45) is 0 Å². The van der Waals surface area contributed by atoms with E-state index in [-0.39, 0.29) is 11.4 Å². The third kappa shape index (κ3) is 6.13. The van der Waals surface area contributed by atoms with Crippen molar-refractivity contribution in [3.05, 3.63) is 48.0 Å². The summed E-state index contributed by atoms with van der Waals surface area (Å²) in [6.07, 6.45) is 0.849. The lowest BCUT2D eigenvalue weighted by Gasteiger charge is -2.16. The zero-order chi connectivity index (χ0) is 19.9. The van der Waals surface area contributed by atoms with Gasteiger partial charge in [-0.2, -0.15) is 0 Å². The number of benzene rings is 2. The Balaban J connectivity index is 2.11. The zero-order valence-corrected chi connectivity index (χ0v) is 16.8. The Morgan fingerprint density at radius 1 is 1.11 bits per heavy atom. The molecule has 0 bridgehead atoms. The number of nitrogens with zero attached hydrogens (tertiary/aromatic N) is 1. The number of anilines is 1. The van der Waals surface area contributed by atoms with Gasteiger partial charge >= 0.3 is 0 Å². The van der Waals surface area contributed by atoms with Crippen molar-refractivity contribution in [2.45, 2.75) is 17.9 Å². The fraction of sp³-hybridized carbons (Fsp3) is 0.368. The lowest BCUT2D eigenvalue weighted by molar-refractivity contribution is 0.266. The van der Waals surface area contributed by atoms with Crippen LogP contribution in [0, 0.1) is 0 Å². The van der Waals surface area contributed by atoms with Gasteiger partial charge in [0.05, 0.1) is 18.6 Å². The number of nitrogens with one attached hydrogen (secondary N) is 1. The van der Waals surface area contributed by atoms with E-state index in [9.17, 15) is 8.42 Å². The molecule has 148 valence electrons. The monoisotopic (exact) mass is 393 g/mol. The summed E-state index contributed by atoms with van der Waals surface area (Å²) in [5.74, 6) is 1.13. The van der Waals surface area contributed by atoms with Gasteiger partial charge in [-0.05, 0) is 50.8 Å². The fourth-order valence-electron chi connectivity index (χ4n) is 2.48. The highest BCUT2D eigenvalue weighted by atomic mass is 32.2. The van der Waals surface area contributed by atoms with Crippen molar-refractivity contribution < 1.29 is 17.9 Å². The molecule has 0 aliphatic rings. The van der Waals surface area contributed by atoms with Crippen LogP contribution >= 0.6 is 0 Å². The van der Waals surface area contributed by atoms with Crippen LogP contribution in [0.2, 0.25) is 0 Å². The van der Waals surface area contributed by atoms with Crippen LogP contribution < -0.4 is 19.9 Å². The molecule has 2 rings (SSSR count). The van der Waals surface area contributed by atoms with E-state index in [4.69, 9.17) is 15.2 Å². The number of nitrogens with two attached hydrogens (primary N) is 1. The maximum atomic E-state index is 12.5. The molecule has 0 spiro atoms. The number of methoxy groups -OCH3 is 1. The first kappa shape index (κ1) is 21.0. The van der Waals surface area contributed by atoms with Crippen molar-refractivity contribution in [1.82, 2.24) is 9.62 Å². The van der Waals surface area contributed by atoms with E-state index in [2.05, 4.69) is 9.62 Å². The second-order valence-electron chi connectivity index (χ2n) is 6.35. The second kappa shape index (κ2) is 9.59.